The standard InChI is InChI=1S/C8H12N4/c1-6-4-8(12-11-6)7-2-3-9-5-10-7/h2-3,5-6,8,11-12H,4H2,1H3. The first-order valence-electron chi connectivity index (χ1n) is 4.13. The molecule has 0 spiro atoms. The Morgan fingerprint density at radius 3 is 3.00 bits per heavy atom. The van der Waals surface area contributed by atoms with Crippen molar-refractivity contribution >= 4 is 0 Å². The normalized spacial score (nSPS) is 29.1. The summed E-state index contributed by atoms with van der Waals surface area (Å²) in [5.74, 6) is 0. The minimum Gasteiger partial charge on any atom is -0.254 e. The van der Waals surface area contributed by atoms with E-state index >= 15 is 0 Å². The summed E-state index contributed by atoms with van der Waals surface area (Å²) >= 11 is 0. The second-order valence-electron chi connectivity index (χ2n) is 3.11. The Bertz CT molecular complexity index is 248. The van der Waals surface area contributed by atoms with Gasteiger partial charge in [0.25, 0.3) is 0 Å². The number of aromatic nitrogens is 2. The summed E-state index contributed by atoms with van der Waals surface area (Å²) in [6.07, 6.45) is 4.43. The molecule has 1 aromatic rings. The molecule has 4 heteroatoms. The van der Waals surface area contributed by atoms with Gasteiger partial charge in [0.1, 0.15) is 6.33 Å². The van der Waals surface area contributed by atoms with Crippen LogP contribution in [0.1, 0.15) is 25.1 Å². The lowest BCUT2D eigenvalue weighted by atomic mass is 10.1. The van der Waals surface area contributed by atoms with E-state index in [1.54, 1.807) is 12.5 Å². The molecule has 12 heavy (non-hydrogen) atoms. The third-order valence-electron chi connectivity index (χ3n) is 2.06. The van der Waals surface area contributed by atoms with Crippen molar-refractivity contribution in [3.8, 4) is 0 Å². The first-order chi connectivity index (χ1) is 5.86. The van der Waals surface area contributed by atoms with Crippen molar-refractivity contribution in [2.75, 3.05) is 0 Å². The van der Waals surface area contributed by atoms with Crippen molar-refractivity contribution < 1.29 is 0 Å². The molecular weight excluding hydrogens is 152 g/mol. The Morgan fingerprint density at radius 2 is 2.42 bits per heavy atom. The molecule has 0 aliphatic carbocycles. The van der Waals surface area contributed by atoms with Crippen LogP contribution in [0.15, 0.2) is 18.6 Å². The minimum atomic E-state index is 0.336. The summed E-state index contributed by atoms with van der Waals surface area (Å²) in [6.45, 7) is 2.15. The lowest BCUT2D eigenvalue weighted by molar-refractivity contribution is 0.552. The quantitative estimate of drug-likeness (QED) is 0.631. The van der Waals surface area contributed by atoms with Crippen LogP contribution in [0.2, 0.25) is 0 Å². The van der Waals surface area contributed by atoms with E-state index in [4.69, 9.17) is 0 Å². The predicted octanol–water partition coefficient (Wildman–Crippen LogP) is 0.404. The molecule has 1 saturated heterocycles. The number of hydrazine groups is 1. The zero-order valence-electron chi connectivity index (χ0n) is 6.99. The van der Waals surface area contributed by atoms with Crippen molar-refractivity contribution in [2.24, 2.45) is 0 Å². The summed E-state index contributed by atoms with van der Waals surface area (Å²) in [7, 11) is 0. The highest BCUT2D eigenvalue weighted by Gasteiger charge is 2.21. The number of nitrogens with zero attached hydrogens (tertiary/aromatic N) is 2. The topological polar surface area (TPSA) is 49.8 Å². The molecule has 1 aliphatic rings. The zero-order valence-corrected chi connectivity index (χ0v) is 6.99. The summed E-state index contributed by atoms with van der Waals surface area (Å²) in [5, 5.41) is 0. The van der Waals surface area contributed by atoms with Crippen LogP contribution >= 0.6 is 0 Å². The smallest absolute Gasteiger partial charge is 0.115 e. The van der Waals surface area contributed by atoms with Crippen molar-refractivity contribution in [3.63, 3.8) is 0 Å². The summed E-state index contributed by atoms with van der Waals surface area (Å²) < 4.78 is 0. The van der Waals surface area contributed by atoms with Gasteiger partial charge in [0.05, 0.1) is 11.7 Å². The number of hydrogen-bond donors (Lipinski definition) is 2. The maximum atomic E-state index is 4.18. The van der Waals surface area contributed by atoms with Gasteiger partial charge >= 0.3 is 0 Å². The van der Waals surface area contributed by atoms with Crippen LogP contribution in [0.25, 0.3) is 0 Å². The van der Waals surface area contributed by atoms with E-state index in [-0.39, 0.29) is 0 Å². The zero-order chi connectivity index (χ0) is 8.39. The van der Waals surface area contributed by atoms with Crippen molar-refractivity contribution in [1.82, 2.24) is 20.8 Å². The number of hydrogen-bond acceptors (Lipinski definition) is 4. The first kappa shape index (κ1) is 7.64. The second kappa shape index (κ2) is 3.16. The van der Waals surface area contributed by atoms with E-state index in [0.717, 1.165) is 12.1 Å². The fourth-order valence-electron chi connectivity index (χ4n) is 1.42. The van der Waals surface area contributed by atoms with Gasteiger partial charge in [-0.25, -0.2) is 15.4 Å². The summed E-state index contributed by atoms with van der Waals surface area (Å²) in [6, 6.07) is 2.80. The molecule has 4 nitrogen and oxygen atoms in total. The predicted molar refractivity (Wildman–Crippen MR) is 45.1 cm³/mol. The fourth-order valence-corrected chi connectivity index (χ4v) is 1.42. The van der Waals surface area contributed by atoms with Crippen LogP contribution in [0.3, 0.4) is 0 Å². The van der Waals surface area contributed by atoms with Gasteiger partial charge in [0.2, 0.25) is 0 Å². The average molecular weight is 164 g/mol. The van der Waals surface area contributed by atoms with Gasteiger partial charge < -0.3 is 0 Å². The van der Waals surface area contributed by atoms with E-state index in [2.05, 4.69) is 27.7 Å². The highest BCUT2D eigenvalue weighted by Crippen LogP contribution is 2.18. The molecule has 2 atom stereocenters. The molecule has 0 bridgehead atoms. The van der Waals surface area contributed by atoms with Gasteiger partial charge in [-0.3, -0.25) is 5.43 Å². The highest BCUT2D eigenvalue weighted by molar-refractivity contribution is 5.06. The average Bonchev–Trinajstić information content (AvgIpc) is 2.54. The lowest BCUT2D eigenvalue weighted by Crippen LogP contribution is -2.29. The van der Waals surface area contributed by atoms with E-state index in [1.165, 1.54) is 0 Å². The first-order valence-corrected chi connectivity index (χ1v) is 4.13. The Kier molecular flexibility index (Phi) is 2.01. The minimum absolute atomic E-state index is 0.336. The third kappa shape index (κ3) is 1.44. The molecular formula is C8H12N4. The Balaban J connectivity index is 2.11. The van der Waals surface area contributed by atoms with Gasteiger partial charge in [-0.1, -0.05) is 0 Å². The maximum Gasteiger partial charge on any atom is 0.115 e. The molecule has 2 N–H and O–H groups in total. The lowest BCUT2D eigenvalue weighted by Gasteiger charge is -2.06. The molecule has 1 aliphatic heterocycles. The summed E-state index contributed by atoms with van der Waals surface area (Å²) in [5.41, 5.74) is 7.40. The maximum absolute atomic E-state index is 4.18. The molecule has 1 aromatic heterocycles. The fraction of sp³-hybridized carbons (Fsp3) is 0.500. The monoisotopic (exact) mass is 164 g/mol. The van der Waals surface area contributed by atoms with Gasteiger partial charge in [-0.15, -0.1) is 0 Å². The van der Waals surface area contributed by atoms with Gasteiger partial charge in [0.15, 0.2) is 0 Å². The summed E-state index contributed by atoms with van der Waals surface area (Å²) in [4.78, 5) is 8.06. The molecule has 2 rings (SSSR count). The van der Waals surface area contributed by atoms with Gasteiger partial charge in [-0.05, 0) is 19.4 Å². The highest BCUT2D eigenvalue weighted by atomic mass is 15.4. The molecule has 0 aromatic carbocycles. The molecule has 2 heterocycles. The molecule has 1 fully saturated rings. The van der Waals surface area contributed by atoms with Crippen LogP contribution < -0.4 is 10.9 Å². The van der Waals surface area contributed by atoms with Crippen LogP contribution in [0.5, 0.6) is 0 Å². The molecule has 0 saturated carbocycles. The van der Waals surface area contributed by atoms with E-state index in [0.29, 0.717) is 12.1 Å². The van der Waals surface area contributed by atoms with Crippen LogP contribution in [0, 0.1) is 0 Å². The SMILES string of the molecule is CC1CC(c2ccncn2)NN1. The molecule has 64 valence electrons. The molecule has 2 unspecified atom stereocenters. The van der Waals surface area contributed by atoms with Crippen molar-refractivity contribution in [1.29, 1.82) is 0 Å². The van der Waals surface area contributed by atoms with E-state index in [1.807, 2.05) is 6.07 Å². The van der Waals surface area contributed by atoms with Crippen molar-refractivity contribution in [2.45, 2.75) is 25.4 Å². The number of rotatable bonds is 1. The molecule has 0 radical (unpaired) electrons. The van der Waals surface area contributed by atoms with Crippen LogP contribution in [-0.2, 0) is 0 Å². The third-order valence-corrected chi connectivity index (χ3v) is 2.06. The van der Waals surface area contributed by atoms with Crippen LogP contribution in [0.4, 0.5) is 0 Å². The number of nitrogens with one attached hydrogen (secondary N) is 2. The van der Waals surface area contributed by atoms with E-state index in [9.17, 15) is 0 Å². The van der Waals surface area contributed by atoms with Gasteiger partial charge in [-0.2, -0.15) is 0 Å². The van der Waals surface area contributed by atoms with Gasteiger partial charge in [0, 0.05) is 12.2 Å². The Labute approximate surface area is 71.4 Å². The second-order valence-corrected chi connectivity index (χ2v) is 3.11. The van der Waals surface area contributed by atoms with Crippen LogP contribution in [-0.4, -0.2) is 16.0 Å². The largest absolute Gasteiger partial charge is 0.254 e. The molecule has 0 amide bonds. The Hall–Kier alpha value is -1.00. The Morgan fingerprint density at radius 1 is 1.50 bits per heavy atom. The van der Waals surface area contributed by atoms with Crippen molar-refractivity contribution in [3.05, 3.63) is 24.3 Å². The van der Waals surface area contributed by atoms with E-state index < -0.39 is 0 Å².